The zero-order valence-corrected chi connectivity index (χ0v) is 20.1. The third-order valence-electron chi connectivity index (χ3n) is 4.34. The van der Waals surface area contributed by atoms with Crippen molar-refractivity contribution in [3.8, 4) is 11.5 Å². The van der Waals surface area contributed by atoms with Crippen LogP contribution in [-0.4, -0.2) is 54.6 Å². The largest absolute Gasteiger partial charge is 0.493 e. The molecule has 0 amide bonds. The second kappa shape index (κ2) is 14.0. The molecule has 0 aliphatic rings. The average Bonchev–Trinajstić information content (AvgIpc) is 3.17. The molecule has 2 aromatic rings. The topological polar surface area (TPSA) is 85.6 Å². The van der Waals surface area contributed by atoms with Crippen LogP contribution in [0.25, 0.3) is 0 Å². The summed E-state index contributed by atoms with van der Waals surface area (Å²) in [7, 11) is 3.44. The summed E-state index contributed by atoms with van der Waals surface area (Å²) in [5.74, 6) is 3.37. The van der Waals surface area contributed by atoms with Crippen molar-refractivity contribution >= 4 is 29.9 Å². The number of ether oxygens (including phenoxy) is 2. The molecular weight excluding hydrogens is 483 g/mol. The Morgan fingerprint density at radius 2 is 1.97 bits per heavy atom. The van der Waals surface area contributed by atoms with Crippen LogP contribution >= 0.6 is 24.0 Å². The molecule has 2 N–H and O–H groups in total. The highest BCUT2D eigenvalue weighted by Gasteiger charge is 2.06. The number of guanidine groups is 1. The Morgan fingerprint density at radius 3 is 2.66 bits per heavy atom. The fraction of sp³-hybridized carbons (Fsp3) is 0.550. The van der Waals surface area contributed by atoms with E-state index in [9.17, 15) is 0 Å². The molecule has 0 aliphatic heterocycles. The van der Waals surface area contributed by atoms with Crippen molar-refractivity contribution in [3.05, 3.63) is 35.9 Å². The quantitative estimate of drug-likeness (QED) is 0.207. The van der Waals surface area contributed by atoms with Crippen LogP contribution in [0.2, 0.25) is 0 Å². The van der Waals surface area contributed by atoms with Crippen LogP contribution < -0.4 is 20.1 Å². The molecule has 0 unspecified atom stereocenters. The van der Waals surface area contributed by atoms with Gasteiger partial charge in [0, 0.05) is 33.1 Å². The number of halogens is 1. The minimum Gasteiger partial charge on any atom is -0.493 e. The maximum atomic E-state index is 5.64. The fourth-order valence-corrected chi connectivity index (χ4v) is 2.90. The lowest BCUT2D eigenvalue weighted by atomic mass is 10.1. The molecule has 29 heavy (non-hydrogen) atoms. The Balaban J connectivity index is 0.00000420. The highest BCUT2D eigenvalue weighted by atomic mass is 127. The molecular formula is C20H33IN6O2. The van der Waals surface area contributed by atoms with Gasteiger partial charge in [-0.15, -0.1) is 34.2 Å². The third kappa shape index (κ3) is 8.08. The van der Waals surface area contributed by atoms with Gasteiger partial charge in [0.2, 0.25) is 0 Å². The molecule has 0 saturated heterocycles. The molecule has 1 heterocycles. The van der Waals surface area contributed by atoms with Crippen molar-refractivity contribution in [1.29, 1.82) is 0 Å². The lowest BCUT2D eigenvalue weighted by Crippen LogP contribution is -2.39. The van der Waals surface area contributed by atoms with E-state index in [4.69, 9.17) is 9.47 Å². The second-order valence-electron chi connectivity index (χ2n) is 6.24. The van der Waals surface area contributed by atoms with Crippen molar-refractivity contribution in [1.82, 2.24) is 25.4 Å². The number of aliphatic imine (C=N–C) groups is 1. The Kier molecular flexibility index (Phi) is 12.1. The zero-order chi connectivity index (χ0) is 20.2. The Morgan fingerprint density at radius 1 is 1.17 bits per heavy atom. The van der Waals surface area contributed by atoms with Crippen molar-refractivity contribution in [3.63, 3.8) is 0 Å². The predicted octanol–water partition coefficient (Wildman–Crippen LogP) is 2.66. The average molecular weight is 516 g/mol. The molecule has 0 saturated carbocycles. The number of hydrogen-bond donors (Lipinski definition) is 2. The SMILES string of the molecule is CCOc1cc(CCCNC(=NC)NCCn2cnnc2CC)ccc1OC.I. The first-order chi connectivity index (χ1) is 13.7. The number of nitrogens with zero attached hydrogens (tertiary/aromatic N) is 4. The summed E-state index contributed by atoms with van der Waals surface area (Å²) >= 11 is 0. The van der Waals surface area contributed by atoms with Crippen molar-refractivity contribution in [2.75, 3.05) is 33.9 Å². The number of nitrogens with one attached hydrogen (secondary N) is 2. The van der Waals surface area contributed by atoms with Gasteiger partial charge in [-0.3, -0.25) is 4.99 Å². The van der Waals surface area contributed by atoms with Crippen molar-refractivity contribution < 1.29 is 9.47 Å². The summed E-state index contributed by atoms with van der Waals surface area (Å²) in [6.45, 7) is 7.08. The first-order valence-corrected chi connectivity index (χ1v) is 9.82. The first-order valence-electron chi connectivity index (χ1n) is 9.82. The maximum absolute atomic E-state index is 5.64. The summed E-state index contributed by atoms with van der Waals surface area (Å²) in [5.41, 5.74) is 1.23. The van der Waals surface area contributed by atoms with Crippen LogP contribution in [0.5, 0.6) is 11.5 Å². The number of benzene rings is 1. The van der Waals surface area contributed by atoms with Gasteiger partial charge in [-0.1, -0.05) is 13.0 Å². The van der Waals surface area contributed by atoms with Crippen LogP contribution in [-0.2, 0) is 19.4 Å². The molecule has 1 aromatic heterocycles. The van der Waals surface area contributed by atoms with E-state index >= 15 is 0 Å². The van der Waals surface area contributed by atoms with Gasteiger partial charge in [-0.05, 0) is 37.5 Å². The number of hydrogen-bond acceptors (Lipinski definition) is 5. The van der Waals surface area contributed by atoms with Crippen LogP contribution in [0.1, 0.15) is 31.7 Å². The van der Waals surface area contributed by atoms with Crippen LogP contribution in [0.15, 0.2) is 29.5 Å². The van der Waals surface area contributed by atoms with Crippen LogP contribution in [0.4, 0.5) is 0 Å². The molecule has 0 spiro atoms. The number of methoxy groups -OCH3 is 1. The van der Waals surface area contributed by atoms with Gasteiger partial charge in [0.1, 0.15) is 12.2 Å². The van der Waals surface area contributed by atoms with E-state index in [1.54, 1.807) is 20.5 Å². The number of aromatic nitrogens is 3. The lowest BCUT2D eigenvalue weighted by molar-refractivity contribution is 0.310. The molecule has 9 heteroatoms. The summed E-state index contributed by atoms with van der Waals surface area (Å²) in [5, 5.41) is 14.7. The molecule has 0 bridgehead atoms. The molecule has 0 atom stereocenters. The van der Waals surface area contributed by atoms with Gasteiger partial charge < -0.3 is 24.7 Å². The van der Waals surface area contributed by atoms with E-state index in [1.165, 1.54) is 5.56 Å². The maximum Gasteiger partial charge on any atom is 0.191 e. The Hall–Kier alpha value is -2.04. The van der Waals surface area contributed by atoms with E-state index in [0.717, 1.165) is 62.2 Å². The normalized spacial score (nSPS) is 11.0. The summed E-state index contributed by atoms with van der Waals surface area (Å²) in [6.07, 6.45) is 4.59. The summed E-state index contributed by atoms with van der Waals surface area (Å²) in [4.78, 5) is 4.27. The van der Waals surface area contributed by atoms with E-state index in [1.807, 2.05) is 13.0 Å². The second-order valence-corrected chi connectivity index (χ2v) is 6.24. The van der Waals surface area contributed by atoms with E-state index in [2.05, 4.69) is 49.4 Å². The summed E-state index contributed by atoms with van der Waals surface area (Å²) < 4.78 is 13.0. The molecule has 162 valence electrons. The molecule has 0 aliphatic carbocycles. The fourth-order valence-electron chi connectivity index (χ4n) is 2.90. The van der Waals surface area contributed by atoms with Gasteiger partial charge in [-0.2, -0.15) is 0 Å². The minimum absolute atomic E-state index is 0. The Bertz CT molecular complexity index is 750. The van der Waals surface area contributed by atoms with Crippen molar-refractivity contribution in [2.24, 2.45) is 4.99 Å². The first kappa shape index (κ1) is 25.0. The number of aryl methyl sites for hydroxylation is 2. The lowest BCUT2D eigenvalue weighted by Gasteiger charge is -2.13. The van der Waals surface area contributed by atoms with E-state index < -0.39 is 0 Å². The summed E-state index contributed by atoms with van der Waals surface area (Å²) in [6, 6.07) is 6.10. The van der Waals surface area contributed by atoms with E-state index in [-0.39, 0.29) is 24.0 Å². The number of rotatable bonds is 11. The molecule has 0 radical (unpaired) electrons. The third-order valence-corrected chi connectivity index (χ3v) is 4.34. The van der Waals surface area contributed by atoms with Crippen LogP contribution in [0.3, 0.4) is 0 Å². The van der Waals surface area contributed by atoms with Gasteiger partial charge in [0.15, 0.2) is 17.5 Å². The molecule has 8 nitrogen and oxygen atoms in total. The van der Waals surface area contributed by atoms with Crippen LogP contribution in [0, 0.1) is 0 Å². The van der Waals surface area contributed by atoms with Gasteiger partial charge in [0.05, 0.1) is 13.7 Å². The molecule has 1 aromatic carbocycles. The van der Waals surface area contributed by atoms with Gasteiger partial charge >= 0.3 is 0 Å². The highest BCUT2D eigenvalue weighted by molar-refractivity contribution is 14.0. The minimum atomic E-state index is 0. The van der Waals surface area contributed by atoms with E-state index in [0.29, 0.717) is 6.61 Å². The molecule has 2 rings (SSSR count). The smallest absolute Gasteiger partial charge is 0.191 e. The predicted molar refractivity (Wildman–Crippen MR) is 127 cm³/mol. The van der Waals surface area contributed by atoms with Crippen molar-refractivity contribution in [2.45, 2.75) is 39.7 Å². The monoisotopic (exact) mass is 516 g/mol. The molecule has 0 fully saturated rings. The van der Waals surface area contributed by atoms with Gasteiger partial charge in [0.25, 0.3) is 0 Å². The standard InChI is InChI=1S/C20H32N6O2.HI/c1-5-19-25-24-15-26(19)13-12-23-20(21-3)22-11-7-8-16-9-10-17(27-4)18(14-16)28-6-2;/h9-10,14-15H,5-8,11-13H2,1-4H3,(H2,21,22,23);1H. The van der Waals surface area contributed by atoms with Gasteiger partial charge in [-0.25, -0.2) is 0 Å². The highest BCUT2D eigenvalue weighted by Crippen LogP contribution is 2.28. The zero-order valence-electron chi connectivity index (χ0n) is 17.8. The Labute approximate surface area is 190 Å².